The maximum Gasteiger partial charge on any atom is 0.264 e. The van der Waals surface area contributed by atoms with Gasteiger partial charge in [0.15, 0.2) is 0 Å². The van der Waals surface area contributed by atoms with E-state index in [0.29, 0.717) is 40.2 Å². The summed E-state index contributed by atoms with van der Waals surface area (Å²) in [5, 5.41) is 14.7. The zero-order valence-electron chi connectivity index (χ0n) is 13.7. The largest absolute Gasteiger partial charge is 0.338 e. The van der Waals surface area contributed by atoms with E-state index in [0.717, 1.165) is 12.8 Å². The Morgan fingerprint density at radius 1 is 1.32 bits per heavy atom. The lowest BCUT2D eigenvalue weighted by Crippen LogP contribution is -2.28. The third-order valence-corrected chi connectivity index (χ3v) is 4.73. The second-order valence-electron chi connectivity index (χ2n) is 5.85. The minimum absolute atomic E-state index is 0.0672. The molecular weight excluding hydrogens is 359 g/mol. The molecule has 0 radical (unpaired) electrons. The van der Waals surface area contributed by atoms with Crippen LogP contribution in [0.4, 0.5) is 0 Å². The summed E-state index contributed by atoms with van der Waals surface area (Å²) in [4.78, 5) is 14.2. The summed E-state index contributed by atoms with van der Waals surface area (Å²) in [6, 6.07) is 9.13. The molecule has 2 aromatic rings. The van der Waals surface area contributed by atoms with Gasteiger partial charge in [-0.3, -0.25) is 4.79 Å². The lowest BCUT2D eigenvalue weighted by molar-refractivity contribution is -0.125. The molecule has 0 atom stereocenters. The summed E-state index contributed by atoms with van der Waals surface area (Å²) >= 11 is 12.5. The van der Waals surface area contributed by atoms with Gasteiger partial charge in [-0.25, -0.2) is 4.68 Å². The second-order valence-corrected chi connectivity index (χ2v) is 6.65. The average molecular weight is 375 g/mol. The number of aryl methyl sites for hydroxylation is 1. The van der Waals surface area contributed by atoms with Crippen molar-refractivity contribution in [1.82, 2.24) is 14.7 Å². The molecule has 7 heteroatoms. The number of aromatic nitrogens is 2. The van der Waals surface area contributed by atoms with Gasteiger partial charge in [-0.1, -0.05) is 29.3 Å². The van der Waals surface area contributed by atoms with Crippen molar-refractivity contribution in [3.05, 3.63) is 51.3 Å². The molecule has 1 aromatic carbocycles. The Hall–Kier alpha value is -2.29. The number of halogens is 2. The summed E-state index contributed by atoms with van der Waals surface area (Å²) in [7, 11) is 0. The van der Waals surface area contributed by atoms with Crippen LogP contribution in [0.2, 0.25) is 10.2 Å². The number of likely N-dealkylation sites (tertiary alicyclic amines) is 1. The molecule has 0 spiro atoms. The van der Waals surface area contributed by atoms with Crippen molar-refractivity contribution in [2.24, 2.45) is 0 Å². The Balaban J connectivity index is 2.00. The molecule has 1 fully saturated rings. The first-order valence-electron chi connectivity index (χ1n) is 7.93. The van der Waals surface area contributed by atoms with Crippen LogP contribution in [0, 0.1) is 18.3 Å². The smallest absolute Gasteiger partial charge is 0.264 e. The summed E-state index contributed by atoms with van der Waals surface area (Å²) in [5.41, 5.74) is 1.97. The maximum absolute atomic E-state index is 12.5. The quantitative estimate of drug-likeness (QED) is 0.601. The minimum atomic E-state index is -0.258. The van der Waals surface area contributed by atoms with Crippen LogP contribution < -0.4 is 0 Å². The fourth-order valence-electron chi connectivity index (χ4n) is 2.83. The number of nitriles is 1. The molecule has 1 saturated heterocycles. The van der Waals surface area contributed by atoms with E-state index in [2.05, 4.69) is 5.10 Å². The van der Waals surface area contributed by atoms with Gasteiger partial charge in [-0.15, -0.1) is 0 Å². The van der Waals surface area contributed by atoms with Crippen molar-refractivity contribution >= 4 is 35.2 Å². The molecule has 0 unspecified atom stereocenters. The summed E-state index contributed by atoms with van der Waals surface area (Å²) in [6.45, 7) is 3.16. The highest BCUT2D eigenvalue weighted by Crippen LogP contribution is 2.27. The van der Waals surface area contributed by atoms with Gasteiger partial charge in [0, 0.05) is 23.7 Å². The van der Waals surface area contributed by atoms with Gasteiger partial charge in [0.05, 0.1) is 11.4 Å². The molecule has 1 aromatic heterocycles. The third-order valence-electron chi connectivity index (χ3n) is 4.13. The molecule has 0 saturated carbocycles. The predicted octanol–water partition coefficient (Wildman–Crippen LogP) is 4.02. The molecule has 1 aliphatic rings. The van der Waals surface area contributed by atoms with E-state index in [4.69, 9.17) is 23.2 Å². The van der Waals surface area contributed by atoms with Crippen LogP contribution in [-0.2, 0) is 4.79 Å². The van der Waals surface area contributed by atoms with Crippen LogP contribution in [0.25, 0.3) is 11.8 Å². The number of carbonyl (C=O) groups is 1. The summed E-state index contributed by atoms with van der Waals surface area (Å²) < 4.78 is 1.55. The lowest BCUT2D eigenvalue weighted by Gasteiger charge is -2.14. The highest BCUT2D eigenvalue weighted by atomic mass is 35.5. The van der Waals surface area contributed by atoms with Crippen LogP contribution in [0.15, 0.2) is 29.8 Å². The number of nitrogens with zero attached hydrogens (tertiary/aromatic N) is 4. The van der Waals surface area contributed by atoms with Crippen molar-refractivity contribution in [2.75, 3.05) is 13.1 Å². The van der Waals surface area contributed by atoms with E-state index in [1.165, 1.54) is 6.08 Å². The zero-order valence-corrected chi connectivity index (χ0v) is 15.2. The van der Waals surface area contributed by atoms with Crippen LogP contribution in [0.3, 0.4) is 0 Å². The Morgan fingerprint density at radius 2 is 2.04 bits per heavy atom. The van der Waals surface area contributed by atoms with Crippen molar-refractivity contribution in [2.45, 2.75) is 19.8 Å². The fraction of sp³-hybridized carbons (Fsp3) is 0.278. The van der Waals surface area contributed by atoms with Gasteiger partial charge in [0.25, 0.3) is 5.91 Å². The molecule has 1 aliphatic heterocycles. The summed E-state index contributed by atoms with van der Waals surface area (Å²) in [6.07, 6.45) is 3.46. The lowest BCUT2D eigenvalue weighted by atomic mass is 10.1. The fourth-order valence-corrected chi connectivity index (χ4v) is 3.34. The van der Waals surface area contributed by atoms with Crippen molar-refractivity contribution in [1.29, 1.82) is 5.26 Å². The normalized spacial score (nSPS) is 14.6. The maximum atomic E-state index is 12.5. The number of carbonyl (C=O) groups excluding carboxylic acids is 1. The number of rotatable bonds is 3. The van der Waals surface area contributed by atoms with E-state index in [1.807, 2.05) is 12.1 Å². The highest BCUT2D eigenvalue weighted by molar-refractivity contribution is 6.32. The highest BCUT2D eigenvalue weighted by Gasteiger charge is 2.23. The van der Waals surface area contributed by atoms with E-state index >= 15 is 0 Å². The number of amides is 1. The van der Waals surface area contributed by atoms with Gasteiger partial charge in [-0.05, 0) is 44.0 Å². The monoisotopic (exact) mass is 374 g/mol. The SMILES string of the molecule is Cc1nn(-c2cccc(Cl)c2)c(Cl)c1/C=C(\C#N)C(=O)N1CCCC1. The number of hydrogen-bond donors (Lipinski definition) is 0. The Labute approximate surface area is 156 Å². The van der Waals surface area contributed by atoms with Gasteiger partial charge >= 0.3 is 0 Å². The van der Waals surface area contributed by atoms with Crippen molar-refractivity contribution in [3.63, 3.8) is 0 Å². The van der Waals surface area contributed by atoms with Crippen molar-refractivity contribution in [3.8, 4) is 11.8 Å². The van der Waals surface area contributed by atoms with Gasteiger partial charge in [0.1, 0.15) is 16.8 Å². The first-order chi connectivity index (χ1) is 12.0. The number of benzene rings is 1. The van der Waals surface area contributed by atoms with E-state index in [9.17, 15) is 10.1 Å². The molecule has 1 amide bonds. The minimum Gasteiger partial charge on any atom is -0.338 e. The standard InChI is InChI=1S/C18H16Cl2N4O/c1-12-16(9-13(11-21)18(25)23-7-2-3-8-23)17(20)24(22-12)15-6-4-5-14(19)10-15/h4-6,9-10H,2-3,7-8H2,1H3/b13-9+. The van der Waals surface area contributed by atoms with E-state index in [1.54, 1.807) is 34.7 Å². The van der Waals surface area contributed by atoms with E-state index < -0.39 is 0 Å². The van der Waals surface area contributed by atoms with Crippen molar-refractivity contribution < 1.29 is 4.79 Å². The van der Waals surface area contributed by atoms with E-state index in [-0.39, 0.29) is 11.5 Å². The summed E-state index contributed by atoms with van der Waals surface area (Å²) in [5.74, 6) is -0.258. The number of hydrogen-bond acceptors (Lipinski definition) is 3. The van der Waals surface area contributed by atoms with Gasteiger partial charge < -0.3 is 4.90 Å². The van der Waals surface area contributed by atoms with Gasteiger partial charge in [-0.2, -0.15) is 10.4 Å². The van der Waals surface area contributed by atoms with Crippen LogP contribution in [0.1, 0.15) is 24.1 Å². The predicted molar refractivity (Wildman–Crippen MR) is 97.7 cm³/mol. The molecule has 0 N–H and O–H groups in total. The van der Waals surface area contributed by atoms with Gasteiger partial charge in [0.2, 0.25) is 0 Å². The molecule has 0 aliphatic carbocycles. The first-order valence-corrected chi connectivity index (χ1v) is 8.69. The van der Waals surface area contributed by atoms with Crippen LogP contribution >= 0.6 is 23.2 Å². The Morgan fingerprint density at radius 3 is 2.68 bits per heavy atom. The topological polar surface area (TPSA) is 61.9 Å². The Bertz CT molecular complexity index is 889. The second kappa shape index (κ2) is 7.30. The molecule has 5 nitrogen and oxygen atoms in total. The molecule has 2 heterocycles. The van der Waals surface area contributed by atoms with Crippen LogP contribution in [-0.4, -0.2) is 33.7 Å². The Kier molecular flexibility index (Phi) is 5.12. The molecule has 0 bridgehead atoms. The third kappa shape index (κ3) is 3.55. The molecule has 128 valence electrons. The zero-order chi connectivity index (χ0) is 18.0. The molecular formula is C18H16Cl2N4O. The molecule has 3 rings (SSSR count). The van der Waals surface area contributed by atoms with Crippen LogP contribution in [0.5, 0.6) is 0 Å². The average Bonchev–Trinajstić information content (AvgIpc) is 3.22. The molecule has 25 heavy (non-hydrogen) atoms. The first kappa shape index (κ1) is 17.5.